The SMILES string of the molecule is O=C(c1cccc(F)c1-c1ncccn1)N1CC2CC[C@H]1[C@H](Oc1ccc(C(F)(F)F)cn1)C2. The molecule has 2 bridgehead atoms. The summed E-state index contributed by atoms with van der Waals surface area (Å²) in [4.78, 5) is 27.3. The van der Waals surface area contributed by atoms with Crippen molar-refractivity contribution in [2.75, 3.05) is 6.54 Å². The zero-order valence-electron chi connectivity index (χ0n) is 17.9. The Kier molecular flexibility index (Phi) is 5.66. The first-order valence-electron chi connectivity index (χ1n) is 10.9. The lowest BCUT2D eigenvalue weighted by Crippen LogP contribution is -2.59. The first kappa shape index (κ1) is 22.2. The third kappa shape index (κ3) is 4.20. The molecule has 1 saturated carbocycles. The Hall–Kier alpha value is -3.56. The van der Waals surface area contributed by atoms with Gasteiger partial charge in [-0.05, 0) is 49.4 Å². The molecule has 0 spiro atoms. The number of ether oxygens (including phenoxy) is 1. The number of carbonyl (C=O) groups is 1. The number of halogens is 4. The molecule has 1 aliphatic carbocycles. The van der Waals surface area contributed by atoms with E-state index in [-0.39, 0.29) is 40.7 Å². The second-order valence-electron chi connectivity index (χ2n) is 8.48. The number of fused-ring (bicyclic) bond motifs is 3. The van der Waals surface area contributed by atoms with E-state index in [2.05, 4.69) is 15.0 Å². The van der Waals surface area contributed by atoms with E-state index < -0.39 is 23.7 Å². The third-order valence-corrected chi connectivity index (χ3v) is 6.35. The van der Waals surface area contributed by atoms with Crippen LogP contribution in [0.15, 0.2) is 55.0 Å². The van der Waals surface area contributed by atoms with Crippen LogP contribution in [0, 0.1) is 11.7 Å². The van der Waals surface area contributed by atoms with Crippen molar-refractivity contribution < 1.29 is 27.1 Å². The molecule has 3 aromatic rings. The molecule has 0 radical (unpaired) electrons. The molecule has 1 amide bonds. The second-order valence-corrected chi connectivity index (χ2v) is 8.48. The zero-order chi connectivity index (χ0) is 23.9. The van der Waals surface area contributed by atoms with Crippen LogP contribution in [0.3, 0.4) is 0 Å². The van der Waals surface area contributed by atoms with Crippen LogP contribution >= 0.6 is 0 Å². The molecule has 1 unspecified atom stereocenters. The maximum atomic E-state index is 14.8. The van der Waals surface area contributed by atoms with Gasteiger partial charge in [-0.3, -0.25) is 4.79 Å². The highest BCUT2D eigenvalue weighted by Gasteiger charge is 2.45. The Bertz CT molecular complexity index is 1190. The van der Waals surface area contributed by atoms with E-state index in [9.17, 15) is 22.4 Å². The van der Waals surface area contributed by atoms with Gasteiger partial charge in [-0.25, -0.2) is 19.3 Å². The molecule has 1 aromatic carbocycles. The van der Waals surface area contributed by atoms with Gasteiger partial charge in [0.15, 0.2) is 5.82 Å². The molecule has 34 heavy (non-hydrogen) atoms. The summed E-state index contributed by atoms with van der Waals surface area (Å²) in [7, 11) is 0. The fourth-order valence-electron chi connectivity index (χ4n) is 4.78. The van der Waals surface area contributed by atoms with E-state index in [0.717, 1.165) is 18.7 Å². The number of carbonyl (C=O) groups excluding carboxylic acids is 1. The number of pyridine rings is 1. The van der Waals surface area contributed by atoms with Crippen molar-refractivity contribution in [2.24, 2.45) is 5.92 Å². The summed E-state index contributed by atoms with van der Waals surface area (Å²) >= 11 is 0. The van der Waals surface area contributed by atoms with E-state index >= 15 is 0 Å². The van der Waals surface area contributed by atoms with Gasteiger partial charge in [0.1, 0.15) is 11.9 Å². The van der Waals surface area contributed by atoms with E-state index in [1.54, 1.807) is 17.0 Å². The number of nitrogens with zero attached hydrogens (tertiary/aromatic N) is 4. The number of piperidine rings is 2. The van der Waals surface area contributed by atoms with Gasteiger partial charge in [-0.1, -0.05) is 6.07 Å². The molecule has 6 rings (SSSR count). The first-order chi connectivity index (χ1) is 16.3. The lowest BCUT2D eigenvalue weighted by atomic mass is 9.77. The van der Waals surface area contributed by atoms with Crippen molar-refractivity contribution in [1.29, 1.82) is 0 Å². The Morgan fingerprint density at radius 1 is 1.03 bits per heavy atom. The summed E-state index contributed by atoms with van der Waals surface area (Å²) in [6.07, 6.45) is 1.03. The van der Waals surface area contributed by atoms with Crippen molar-refractivity contribution in [1.82, 2.24) is 19.9 Å². The highest BCUT2D eigenvalue weighted by molar-refractivity contribution is 6.00. The van der Waals surface area contributed by atoms with Crippen molar-refractivity contribution in [2.45, 2.75) is 37.6 Å². The number of benzene rings is 1. The molecule has 2 aromatic heterocycles. The van der Waals surface area contributed by atoms with Crippen molar-refractivity contribution in [3.63, 3.8) is 0 Å². The van der Waals surface area contributed by atoms with Gasteiger partial charge >= 0.3 is 6.18 Å². The average molecular weight is 472 g/mol. The molecule has 10 heteroatoms. The summed E-state index contributed by atoms with van der Waals surface area (Å²) in [5.74, 6) is -0.598. The van der Waals surface area contributed by atoms with Crippen molar-refractivity contribution >= 4 is 5.91 Å². The number of rotatable bonds is 4. The van der Waals surface area contributed by atoms with Crippen LogP contribution in [0.5, 0.6) is 5.88 Å². The highest BCUT2D eigenvalue weighted by atomic mass is 19.4. The summed E-state index contributed by atoms with van der Waals surface area (Å²) in [5, 5.41) is 0. The molecular weight excluding hydrogens is 452 g/mol. The Morgan fingerprint density at radius 2 is 1.82 bits per heavy atom. The number of hydrogen-bond acceptors (Lipinski definition) is 5. The molecule has 2 saturated heterocycles. The van der Waals surface area contributed by atoms with Crippen LogP contribution in [-0.4, -0.2) is 44.4 Å². The van der Waals surface area contributed by atoms with E-state index in [1.807, 2.05) is 0 Å². The predicted octanol–water partition coefficient (Wildman–Crippen LogP) is 4.77. The number of amides is 1. The summed E-state index contributed by atoms with van der Waals surface area (Å²) in [6, 6.07) is 7.68. The lowest BCUT2D eigenvalue weighted by molar-refractivity contribution is -0.137. The lowest BCUT2D eigenvalue weighted by Gasteiger charge is -2.49. The molecule has 6 nitrogen and oxygen atoms in total. The van der Waals surface area contributed by atoms with Gasteiger partial charge in [0.25, 0.3) is 5.91 Å². The van der Waals surface area contributed by atoms with Crippen LogP contribution in [0.25, 0.3) is 11.4 Å². The minimum absolute atomic E-state index is 0.0384. The average Bonchev–Trinajstić information content (AvgIpc) is 2.84. The van der Waals surface area contributed by atoms with Crippen LogP contribution < -0.4 is 4.74 Å². The maximum absolute atomic E-state index is 14.8. The Labute approximate surface area is 192 Å². The molecule has 3 fully saturated rings. The van der Waals surface area contributed by atoms with Gasteiger partial charge < -0.3 is 9.64 Å². The fourth-order valence-corrected chi connectivity index (χ4v) is 4.78. The minimum Gasteiger partial charge on any atom is -0.472 e. The van der Waals surface area contributed by atoms with Crippen LogP contribution in [0.4, 0.5) is 17.6 Å². The monoisotopic (exact) mass is 472 g/mol. The Morgan fingerprint density at radius 3 is 2.50 bits per heavy atom. The summed E-state index contributed by atoms with van der Waals surface area (Å²) in [5.41, 5.74) is -0.662. The summed E-state index contributed by atoms with van der Waals surface area (Å²) in [6.45, 7) is 0.495. The minimum atomic E-state index is -4.48. The van der Waals surface area contributed by atoms with Gasteiger partial charge in [0.2, 0.25) is 5.88 Å². The molecule has 2 aliphatic heterocycles. The smallest absolute Gasteiger partial charge is 0.417 e. The van der Waals surface area contributed by atoms with Crippen LogP contribution in [0.2, 0.25) is 0 Å². The number of aromatic nitrogens is 3. The standard InChI is InChI=1S/C24H20F4N4O2/c25-17-4-1-3-16(21(17)22-29-9-2-10-30-22)23(33)32-13-14-5-7-18(32)19(11-14)34-20-8-6-15(12-31-20)24(26,27)28/h1-4,6,8-10,12,14,18-19H,5,7,11,13H2/t14?,18-,19+/m0/s1. The third-order valence-electron chi connectivity index (χ3n) is 6.35. The van der Waals surface area contributed by atoms with Gasteiger partial charge in [0.05, 0.1) is 22.7 Å². The second kappa shape index (κ2) is 8.66. The van der Waals surface area contributed by atoms with E-state index in [4.69, 9.17) is 4.74 Å². The largest absolute Gasteiger partial charge is 0.472 e. The molecular formula is C24H20F4N4O2. The predicted molar refractivity (Wildman–Crippen MR) is 113 cm³/mol. The number of hydrogen-bond donors (Lipinski definition) is 0. The normalized spacial score (nSPS) is 22.0. The maximum Gasteiger partial charge on any atom is 0.417 e. The Balaban J connectivity index is 1.40. The molecule has 4 heterocycles. The number of alkyl halides is 3. The fraction of sp³-hybridized carbons (Fsp3) is 0.333. The van der Waals surface area contributed by atoms with Crippen molar-refractivity contribution in [3.8, 4) is 17.3 Å². The van der Waals surface area contributed by atoms with E-state index in [1.165, 1.54) is 30.6 Å². The van der Waals surface area contributed by atoms with Gasteiger partial charge in [-0.15, -0.1) is 0 Å². The quantitative estimate of drug-likeness (QED) is 0.512. The molecule has 176 valence electrons. The summed E-state index contributed by atoms with van der Waals surface area (Å²) < 4.78 is 59.2. The van der Waals surface area contributed by atoms with Crippen LogP contribution in [-0.2, 0) is 6.18 Å². The topological polar surface area (TPSA) is 68.2 Å². The van der Waals surface area contributed by atoms with Crippen molar-refractivity contribution in [3.05, 3.63) is 71.9 Å². The van der Waals surface area contributed by atoms with Gasteiger partial charge in [-0.2, -0.15) is 13.2 Å². The van der Waals surface area contributed by atoms with E-state index in [0.29, 0.717) is 19.4 Å². The molecule has 3 atom stereocenters. The molecule has 0 N–H and O–H groups in total. The first-order valence-corrected chi connectivity index (χ1v) is 10.9. The zero-order valence-corrected chi connectivity index (χ0v) is 17.9. The van der Waals surface area contributed by atoms with Gasteiger partial charge in [0, 0.05) is 31.2 Å². The van der Waals surface area contributed by atoms with Crippen LogP contribution in [0.1, 0.15) is 35.2 Å². The highest BCUT2D eigenvalue weighted by Crippen LogP contribution is 2.39. The molecule has 3 aliphatic rings.